The lowest BCUT2D eigenvalue weighted by Crippen LogP contribution is -1.96. The Morgan fingerprint density at radius 2 is 0.434 bits per heavy atom. The molecule has 0 saturated carbocycles. The second-order valence-electron chi connectivity index (χ2n) is 9.15. The fourth-order valence-electron chi connectivity index (χ4n) is 4.09. The predicted octanol–water partition coefficient (Wildman–Crippen LogP) is 23.6. The fraction of sp³-hybridized carbons (Fsp3) is 0.471. The van der Waals surface area contributed by atoms with Crippen molar-refractivity contribution in [2.75, 3.05) is 0 Å². The van der Waals surface area contributed by atoms with Crippen molar-refractivity contribution in [3.8, 4) is 0 Å². The molecule has 0 amide bonds. The molecule has 8 rings (SSSR count). The third-order valence-electron chi connectivity index (χ3n) is 6.19. The van der Waals surface area contributed by atoms with Gasteiger partial charge in [-0.15, -0.1) is 0 Å². The van der Waals surface area contributed by atoms with Gasteiger partial charge in [0.1, 0.15) is 22.3 Å². The first-order valence-electron chi connectivity index (χ1n) is 29.4. The van der Waals surface area contributed by atoms with Crippen LogP contribution in [0.3, 0.4) is 0 Å². The van der Waals surface area contributed by atoms with Crippen LogP contribution in [0.25, 0.3) is 43.9 Å². The maximum atomic E-state index is 11.1. The molecule has 0 fully saturated rings. The lowest BCUT2D eigenvalue weighted by atomic mass is 10.2. The van der Waals surface area contributed by atoms with E-state index in [0.29, 0.717) is 33.1 Å². The average molecular weight is 1070 g/mol. The SMILES string of the molecule is CC.CC.CC.CC.CC.CC.CC.CC.CC.CC.CC.CC.CC.CC.CC.CC.O=c1ccc2ccccc2o1.O=c1ccc2ccccc2o1.O=c1ccoc2ccccc12.O=c1ccoc2ccccc12. The molecule has 0 atom stereocenters. The first kappa shape index (κ1) is 98.8. The first-order chi connectivity index (χ1) is 37.5. The van der Waals surface area contributed by atoms with Gasteiger partial charge in [-0.05, 0) is 48.5 Å². The van der Waals surface area contributed by atoms with Crippen LogP contribution in [0.5, 0.6) is 0 Å². The lowest BCUT2D eigenvalue weighted by molar-refractivity contribution is 0.560. The van der Waals surface area contributed by atoms with E-state index in [-0.39, 0.29) is 22.1 Å². The highest BCUT2D eigenvalue weighted by Gasteiger charge is 1.97. The first-order valence-corrected chi connectivity index (χ1v) is 29.4. The second kappa shape index (κ2) is 94.6. The highest BCUT2D eigenvalue weighted by Crippen LogP contribution is 2.11. The van der Waals surface area contributed by atoms with Gasteiger partial charge in [0.2, 0.25) is 0 Å². The van der Waals surface area contributed by atoms with Crippen molar-refractivity contribution in [1.82, 2.24) is 0 Å². The molecule has 4 heterocycles. The van der Waals surface area contributed by atoms with Crippen LogP contribution in [0.2, 0.25) is 0 Å². The van der Waals surface area contributed by atoms with Crippen molar-refractivity contribution in [1.29, 1.82) is 0 Å². The Bertz CT molecular complexity index is 2210. The van der Waals surface area contributed by atoms with E-state index in [1.165, 1.54) is 36.8 Å². The average Bonchev–Trinajstić information content (AvgIpc) is 3.55. The molecular weight excluding hydrogens is 945 g/mol. The Hall–Kier alpha value is -6.28. The summed E-state index contributed by atoms with van der Waals surface area (Å²) in [5.74, 6) is 0. The van der Waals surface area contributed by atoms with Gasteiger partial charge in [0, 0.05) is 35.0 Å². The summed E-state index contributed by atoms with van der Waals surface area (Å²) in [7, 11) is 0. The molecule has 0 unspecified atom stereocenters. The molecule has 8 heteroatoms. The Kier molecular flexibility index (Phi) is 123. The minimum absolute atomic E-state index is 0.00634. The third-order valence-corrected chi connectivity index (χ3v) is 6.19. The van der Waals surface area contributed by atoms with Gasteiger partial charge in [0.05, 0.1) is 23.3 Å². The number of hydrogen-bond acceptors (Lipinski definition) is 8. The van der Waals surface area contributed by atoms with Crippen molar-refractivity contribution in [2.24, 2.45) is 0 Å². The summed E-state index contributed by atoms with van der Waals surface area (Å²) in [6, 6.07) is 38.4. The zero-order valence-corrected chi connectivity index (χ0v) is 55.1. The molecule has 0 N–H and O–H groups in total. The normalized spacial score (nSPS) is 7.16. The van der Waals surface area contributed by atoms with Crippen molar-refractivity contribution in [2.45, 2.75) is 222 Å². The van der Waals surface area contributed by atoms with Crippen LogP contribution >= 0.6 is 0 Å². The monoisotopic (exact) mass is 1060 g/mol. The van der Waals surface area contributed by atoms with Gasteiger partial charge in [-0.25, -0.2) is 9.59 Å². The van der Waals surface area contributed by atoms with E-state index in [9.17, 15) is 19.2 Å². The summed E-state index contributed by atoms with van der Waals surface area (Å²) in [5, 5.41) is 3.17. The molecule has 8 nitrogen and oxygen atoms in total. The summed E-state index contributed by atoms with van der Waals surface area (Å²) in [6.45, 7) is 64.0. The van der Waals surface area contributed by atoms with Crippen LogP contribution < -0.4 is 22.1 Å². The maximum Gasteiger partial charge on any atom is 0.336 e. The summed E-state index contributed by atoms with van der Waals surface area (Å²) < 4.78 is 20.0. The number of hydrogen-bond donors (Lipinski definition) is 0. The Morgan fingerprint density at radius 1 is 0.224 bits per heavy atom. The topological polar surface area (TPSA) is 121 Å². The van der Waals surface area contributed by atoms with E-state index in [1.807, 2.05) is 282 Å². The summed E-state index contributed by atoms with van der Waals surface area (Å²) in [4.78, 5) is 43.7. The van der Waals surface area contributed by atoms with Crippen LogP contribution in [0.4, 0.5) is 0 Å². The van der Waals surface area contributed by atoms with E-state index in [1.54, 1.807) is 48.5 Å². The molecule has 8 aromatic rings. The molecule has 4 aromatic carbocycles. The highest BCUT2D eigenvalue weighted by atomic mass is 16.4. The van der Waals surface area contributed by atoms with Gasteiger partial charge in [-0.3, -0.25) is 9.59 Å². The minimum atomic E-state index is -0.302. The van der Waals surface area contributed by atoms with E-state index in [0.717, 1.165) is 10.8 Å². The Balaban J connectivity index is -0.0000000611. The van der Waals surface area contributed by atoms with Crippen LogP contribution in [-0.4, -0.2) is 0 Å². The zero-order chi connectivity index (χ0) is 62.7. The van der Waals surface area contributed by atoms with Crippen molar-refractivity contribution < 1.29 is 17.7 Å². The van der Waals surface area contributed by atoms with Crippen molar-refractivity contribution in [3.05, 3.63) is 187 Å². The van der Waals surface area contributed by atoms with Crippen LogP contribution in [0.15, 0.2) is 183 Å². The molecule has 0 radical (unpaired) electrons. The maximum absolute atomic E-state index is 11.1. The van der Waals surface area contributed by atoms with Gasteiger partial charge in [0.25, 0.3) is 0 Å². The number of benzene rings is 4. The van der Waals surface area contributed by atoms with E-state index in [4.69, 9.17) is 17.7 Å². The van der Waals surface area contributed by atoms with Gasteiger partial charge < -0.3 is 17.7 Å². The van der Waals surface area contributed by atoms with Crippen LogP contribution in [-0.2, 0) is 0 Å². The molecule has 440 valence electrons. The van der Waals surface area contributed by atoms with Gasteiger partial charge in [-0.2, -0.15) is 0 Å². The highest BCUT2D eigenvalue weighted by molar-refractivity contribution is 5.77. The number of fused-ring (bicyclic) bond motifs is 4. The largest absolute Gasteiger partial charge is 0.464 e. The van der Waals surface area contributed by atoms with Crippen molar-refractivity contribution >= 4 is 43.9 Å². The van der Waals surface area contributed by atoms with Gasteiger partial charge in [0.15, 0.2) is 10.9 Å². The summed E-state index contributed by atoms with van der Waals surface area (Å²) in [5.41, 5.74) is 1.96. The molecule has 0 aliphatic rings. The molecule has 0 bridgehead atoms. The van der Waals surface area contributed by atoms with Gasteiger partial charge >= 0.3 is 11.3 Å². The molecule has 76 heavy (non-hydrogen) atoms. The molecular formula is C68H120O8. The third kappa shape index (κ3) is 52.6. The molecule has 0 saturated heterocycles. The Morgan fingerprint density at radius 3 is 0.671 bits per heavy atom. The van der Waals surface area contributed by atoms with Gasteiger partial charge in [-0.1, -0.05) is 282 Å². The lowest BCUT2D eigenvalue weighted by Gasteiger charge is -1.91. The molecule has 0 spiro atoms. The van der Waals surface area contributed by atoms with Crippen LogP contribution in [0.1, 0.15) is 222 Å². The Labute approximate surface area is 468 Å². The van der Waals surface area contributed by atoms with E-state index in [2.05, 4.69) is 0 Å². The van der Waals surface area contributed by atoms with E-state index < -0.39 is 0 Å². The number of para-hydroxylation sites is 4. The fourth-order valence-corrected chi connectivity index (χ4v) is 4.09. The van der Waals surface area contributed by atoms with Crippen molar-refractivity contribution in [3.63, 3.8) is 0 Å². The standard InChI is InChI=1S/4C9H6O2.16C2H6/c2*10-8-5-6-11-9-4-2-1-3-7(8)9;2*10-9-6-5-7-3-1-2-4-8(7)11-9;16*1-2/h4*1-6H;16*1-2H3. The molecule has 4 aromatic heterocycles. The second-order valence-corrected chi connectivity index (χ2v) is 9.15. The molecule has 0 aliphatic carbocycles. The minimum Gasteiger partial charge on any atom is -0.464 e. The quantitative estimate of drug-likeness (QED) is 0.138. The summed E-state index contributed by atoms with van der Waals surface area (Å²) >= 11 is 0. The summed E-state index contributed by atoms with van der Waals surface area (Å²) in [6.07, 6.45) is 2.81. The number of rotatable bonds is 0. The predicted molar refractivity (Wildman–Crippen MR) is 352 cm³/mol. The molecule has 0 aliphatic heterocycles. The smallest absolute Gasteiger partial charge is 0.336 e. The zero-order valence-electron chi connectivity index (χ0n) is 55.1. The van der Waals surface area contributed by atoms with Crippen LogP contribution in [0, 0.1) is 0 Å². The van der Waals surface area contributed by atoms with E-state index >= 15 is 0 Å².